The van der Waals surface area contributed by atoms with Gasteiger partial charge in [0.15, 0.2) is 6.04 Å². The third kappa shape index (κ3) is 5.38. The van der Waals surface area contributed by atoms with Gasteiger partial charge in [-0.3, -0.25) is 4.79 Å². The van der Waals surface area contributed by atoms with Gasteiger partial charge in [0.2, 0.25) is 10.0 Å². The van der Waals surface area contributed by atoms with Crippen LogP contribution in [0.4, 0.5) is 0 Å². The van der Waals surface area contributed by atoms with Crippen LogP contribution >= 0.6 is 0 Å². The summed E-state index contributed by atoms with van der Waals surface area (Å²) in [4.78, 5) is 11.3. The van der Waals surface area contributed by atoms with Gasteiger partial charge in [0, 0.05) is 0 Å². The zero-order chi connectivity index (χ0) is 17.1. The maximum atomic E-state index is 12.2. The Morgan fingerprint density at radius 2 is 1.73 bits per heavy atom. The van der Waals surface area contributed by atoms with Crippen LogP contribution in [0.25, 0.3) is 0 Å². The summed E-state index contributed by atoms with van der Waals surface area (Å²) in [5.41, 5.74) is 0.888. The molecule has 1 aromatic carbocycles. The van der Waals surface area contributed by atoms with Crippen molar-refractivity contribution < 1.29 is 27.9 Å². The number of benzene rings is 1. The number of aryl methyl sites for hydroxylation is 1. The Bertz CT molecular complexity index is 620. The number of aliphatic hydroxyl groups is 1. The number of hydrogen-bond acceptors (Lipinski definition) is 4. The molecule has 124 valence electrons. The predicted octanol–water partition coefficient (Wildman–Crippen LogP) is -0.206. The number of aliphatic carboxylic acids is 1. The maximum absolute atomic E-state index is 12.2. The molecular formula is C14H23N2O5S+. The normalized spacial score (nSPS) is 15.3. The van der Waals surface area contributed by atoms with Crippen molar-refractivity contribution in [1.29, 1.82) is 0 Å². The molecule has 8 heteroatoms. The van der Waals surface area contributed by atoms with E-state index in [0.29, 0.717) is 4.48 Å². The van der Waals surface area contributed by atoms with Crippen LogP contribution in [0.15, 0.2) is 29.2 Å². The number of nitrogens with zero attached hydrogens (tertiary/aromatic N) is 1. The molecule has 2 atom stereocenters. The highest BCUT2D eigenvalue weighted by molar-refractivity contribution is 7.89. The lowest BCUT2D eigenvalue weighted by Gasteiger charge is -2.29. The Morgan fingerprint density at radius 1 is 1.23 bits per heavy atom. The Morgan fingerprint density at radius 3 is 2.14 bits per heavy atom. The first-order chi connectivity index (χ1) is 9.92. The largest absolute Gasteiger partial charge is 0.480 e. The lowest BCUT2D eigenvalue weighted by atomic mass is 10.1. The molecule has 0 spiro atoms. The minimum atomic E-state index is -4.02. The molecule has 0 aliphatic heterocycles. The molecule has 0 heterocycles. The third-order valence-corrected chi connectivity index (χ3v) is 4.46. The lowest BCUT2D eigenvalue weighted by molar-refractivity contribution is -0.873. The summed E-state index contributed by atoms with van der Waals surface area (Å²) in [6.07, 6.45) is -1.35. The molecule has 0 saturated carbocycles. The van der Waals surface area contributed by atoms with E-state index < -0.39 is 28.1 Å². The monoisotopic (exact) mass is 331 g/mol. The lowest BCUT2D eigenvalue weighted by Crippen LogP contribution is -2.54. The number of sulfonamides is 1. The van der Waals surface area contributed by atoms with Crippen LogP contribution in [0.2, 0.25) is 0 Å². The third-order valence-electron chi connectivity index (χ3n) is 3.00. The van der Waals surface area contributed by atoms with Gasteiger partial charge in [-0.05, 0) is 19.1 Å². The first kappa shape index (κ1) is 18.6. The van der Waals surface area contributed by atoms with Gasteiger partial charge in [-0.15, -0.1) is 0 Å². The van der Waals surface area contributed by atoms with E-state index in [0.717, 1.165) is 5.56 Å². The van der Waals surface area contributed by atoms with E-state index in [9.17, 15) is 23.4 Å². The molecule has 0 saturated heterocycles. The van der Waals surface area contributed by atoms with Crippen molar-refractivity contribution in [1.82, 2.24) is 4.72 Å². The first-order valence-corrected chi connectivity index (χ1v) is 8.21. The molecule has 0 aliphatic carbocycles. The molecule has 0 unspecified atom stereocenters. The summed E-state index contributed by atoms with van der Waals surface area (Å²) in [6, 6.07) is 4.41. The molecule has 0 radical (unpaired) electrons. The van der Waals surface area contributed by atoms with Crippen molar-refractivity contribution in [3.05, 3.63) is 29.8 Å². The Balaban J connectivity index is 2.99. The van der Waals surface area contributed by atoms with Crippen molar-refractivity contribution in [2.75, 3.05) is 27.7 Å². The zero-order valence-electron chi connectivity index (χ0n) is 13.1. The molecule has 1 rings (SSSR count). The van der Waals surface area contributed by atoms with Gasteiger partial charge in [0.25, 0.3) is 0 Å². The fourth-order valence-corrected chi connectivity index (χ4v) is 3.14. The van der Waals surface area contributed by atoms with E-state index in [1.54, 1.807) is 33.3 Å². The molecule has 7 nitrogen and oxygen atoms in total. The Labute approximate surface area is 130 Å². The number of aliphatic hydroxyl groups excluding tert-OH is 1. The van der Waals surface area contributed by atoms with Gasteiger partial charge >= 0.3 is 5.97 Å². The summed E-state index contributed by atoms with van der Waals surface area (Å²) >= 11 is 0. The Hall–Kier alpha value is -1.48. The van der Waals surface area contributed by atoms with Gasteiger partial charge < -0.3 is 14.7 Å². The minimum absolute atomic E-state index is 0.0400. The zero-order valence-corrected chi connectivity index (χ0v) is 14.0. The van der Waals surface area contributed by atoms with Crippen LogP contribution in [0.1, 0.15) is 5.56 Å². The second-order valence-corrected chi connectivity index (χ2v) is 8.00. The number of quaternary nitrogens is 1. The summed E-state index contributed by atoms with van der Waals surface area (Å²) in [6.45, 7) is 1.91. The number of hydrogen-bond donors (Lipinski definition) is 3. The molecule has 22 heavy (non-hydrogen) atoms. The van der Waals surface area contributed by atoms with Gasteiger partial charge in [0.05, 0.1) is 26.0 Å². The van der Waals surface area contributed by atoms with E-state index in [4.69, 9.17) is 0 Å². The van der Waals surface area contributed by atoms with Crippen LogP contribution in [0, 0.1) is 6.92 Å². The number of carbonyl (C=O) groups is 1. The summed E-state index contributed by atoms with van der Waals surface area (Å²) < 4.78 is 26.8. The topological polar surface area (TPSA) is 104 Å². The van der Waals surface area contributed by atoms with E-state index in [1.807, 2.05) is 6.92 Å². The van der Waals surface area contributed by atoms with Crippen LogP contribution in [0.5, 0.6) is 0 Å². The predicted molar refractivity (Wildman–Crippen MR) is 81.8 cm³/mol. The molecule has 0 aliphatic rings. The van der Waals surface area contributed by atoms with Crippen LogP contribution in [0.3, 0.4) is 0 Å². The number of carboxylic acid groups (broad SMARTS) is 1. The fraction of sp³-hybridized carbons (Fsp3) is 0.500. The van der Waals surface area contributed by atoms with Gasteiger partial charge in [-0.1, -0.05) is 17.7 Å². The Kier molecular flexibility index (Phi) is 5.69. The summed E-state index contributed by atoms with van der Waals surface area (Å²) in [5.74, 6) is -1.42. The number of likely N-dealkylation sites (N-methyl/N-ethyl adjacent to an activating group) is 1. The molecule has 0 bridgehead atoms. The standard InChI is InChI=1S/C14H22N2O5S/c1-10-5-7-11(8-6-10)22(20,21)15-13(14(18)19)12(17)9-16(2,3)4/h5-8,12-13,15,17H,9H2,1-4H3/p+1/t12-,13-/m1/s1. The highest BCUT2D eigenvalue weighted by Gasteiger charge is 2.34. The smallest absolute Gasteiger partial charge is 0.324 e. The van der Waals surface area contributed by atoms with Crippen molar-refractivity contribution in [2.45, 2.75) is 24.0 Å². The highest BCUT2D eigenvalue weighted by Crippen LogP contribution is 2.12. The fourth-order valence-electron chi connectivity index (χ4n) is 1.91. The highest BCUT2D eigenvalue weighted by atomic mass is 32.2. The van der Waals surface area contributed by atoms with Crippen molar-refractivity contribution in [3.63, 3.8) is 0 Å². The number of carboxylic acids is 1. The number of nitrogens with one attached hydrogen (secondary N) is 1. The van der Waals surface area contributed by atoms with E-state index in [2.05, 4.69) is 4.72 Å². The van der Waals surface area contributed by atoms with E-state index in [-0.39, 0.29) is 11.4 Å². The molecule has 0 fully saturated rings. The van der Waals surface area contributed by atoms with E-state index in [1.165, 1.54) is 12.1 Å². The maximum Gasteiger partial charge on any atom is 0.324 e. The first-order valence-electron chi connectivity index (χ1n) is 6.73. The second kappa shape index (κ2) is 6.74. The van der Waals surface area contributed by atoms with Crippen molar-refractivity contribution in [3.8, 4) is 0 Å². The summed E-state index contributed by atoms with van der Waals surface area (Å²) in [7, 11) is 1.30. The van der Waals surface area contributed by atoms with Crippen LogP contribution in [-0.4, -0.2) is 68.9 Å². The minimum Gasteiger partial charge on any atom is -0.480 e. The van der Waals surface area contributed by atoms with Gasteiger partial charge in [0.1, 0.15) is 12.6 Å². The molecule has 3 N–H and O–H groups in total. The average Bonchev–Trinajstić information content (AvgIpc) is 2.34. The van der Waals surface area contributed by atoms with E-state index >= 15 is 0 Å². The van der Waals surface area contributed by atoms with Crippen molar-refractivity contribution >= 4 is 16.0 Å². The molecule has 0 aromatic heterocycles. The molecule has 0 amide bonds. The van der Waals surface area contributed by atoms with Crippen molar-refractivity contribution in [2.24, 2.45) is 0 Å². The van der Waals surface area contributed by atoms with Gasteiger partial charge in [-0.2, -0.15) is 4.72 Å². The second-order valence-electron chi connectivity index (χ2n) is 6.29. The summed E-state index contributed by atoms with van der Waals surface area (Å²) in [5, 5.41) is 19.2. The quantitative estimate of drug-likeness (QED) is 0.600. The molecular weight excluding hydrogens is 308 g/mol. The molecule has 1 aromatic rings. The van der Waals surface area contributed by atoms with Crippen LogP contribution in [-0.2, 0) is 14.8 Å². The average molecular weight is 331 g/mol. The number of rotatable bonds is 7. The van der Waals surface area contributed by atoms with Gasteiger partial charge in [-0.25, -0.2) is 8.42 Å². The SMILES string of the molecule is Cc1ccc(S(=O)(=O)N[C@@H](C(=O)O)[C@H](O)C[N+](C)(C)C)cc1. The van der Waals surface area contributed by atoms with Crippen LogP contribution < -0.4 is 4.72 Å².